The van der Waals surface area contributed by atoms with Gasteiger partial charge in [0, 0.05) is 18.9 Å². The molecule has 1 heterocycles. The SMILES string of the molecule is CN(C(=O)c1cc(C#N)ccn1)c1cccc(F)c1. The molecule has 0 spiro atoms. The summed E-state index contributed by atoms with van der Waals surface area (Å²) in [6.07, 6.45) is 1.39. The van der Waals surface area contributed by atoms with Crippen molar-refractivity contribution in [3.63, 3.8) is 0 Å². The molecule has 0 N–H and O–H groups in total. The molecule has 0 bridgehead atoms. The predicted octanol–water partition coefficient (Wildman–Crippen LogP) is 2.37. The molecule has 0 aliphatic heterocycles. The van der Waals surface area contributed by atoms with Gasteiger partial charge in [-0.1, -0.05) is 6.07 Å². The zero-order valence-electron chi connectivity index (χ0n) is 10.2. The number of carbonyl (C=O) groups excluding carboxylic acids is 1. The summed E-state index contributed by atoms with van der Waals surface area (Å²) >= 11 is 0. The van der Waals surface area contributed by atoms with Crippen LogP contribution in [-0.4, -0.2) is 17.9 Å². The molecule has 1 aromatic heterocycles. The fourth-order valence-electron chi connectivity index (χ4n) is 1.59. The van der Waals surface area contributed by atoms with Gasteiger partial charge in [0.15, 0.2) is 0 Å². The summed E-state index contributed by atoms with van der Waals surface area (Å²) in [4.78, 5) is 17.4. The van der Waals surface area contributed by atoms with Crippen molar-refractivity contribution >= 4 is 11.6 Å². The van der Waals surface area contributed by atoms with Crippen LogP contribution >= 0.6 is 0 Å². The maximum atomic E-state index is 13.1. The highest BCUT2D eigenvalue weighted by molar-refractivity contribution is 6.04. The van der Waals surface area contributed by atoms with Crippen LogP contribution in [-0.2, 0) is 0 Å². The Morgan fingerprint density at radius 3 is 2.84 bits per heavy atom. The lowest BCUT2D eigenvalue weighted by atomic mass is 10.2. The van der Waals surface area contributed by atoms with Gasteiger partial charge >= 0.3 is 0 Å². The Morgan fingerprint density at radius 2 is 2.16 bits per heavy atom. The number of aromatic nitrogens is 1. The third-order valence-corrected chi connectivity index (χ3v) is 2.61. The van der Waals surface area contributed by atoms with E-state index in [9.17, 15) is 9.18 Å². The molecule has 0 aliphatic rings. The quantitative estimate of drug-likeness (QED) is 0.827. The van der Waals surface area contributed by atoms with Crippen LogP contribution in [0.5, 0.6) is 0 Å². The molecule has 0 atom stereocenters. The van der Waals surface area contributed by atoms with E-state index in [4.69, 9.17) is 5.26 Å². The maximum absolute atomic E-state index is 13.1. The normalized spacial score (nSPS) is 9.74. The zero-order chi connectivity index (χ0) is 13.8. The summed E-state index contributed by atoms with van der Waals surface area (Å²) in [5.74, 6) is -0.821. The average molecular weight is 255 g/mol. The van der Waals surface area contributed by atoms with Gasteiger partial charge in [-0.15, -0.1) is 0 Å². The molecule has 4 nitrogen and oxygen atoms in total. The van der Waals surface area contributed by atoms with Crippen molar-refractivity contribution in [3.05, 3.63) is 59.7 Å². The van der Waals surface area contributed by atoms with Crippen molar-refractivity contribution in [2.75, 3.05) is 11.9 Å². The van der Waals surface area contributed by atoms with Gasteiger partial charge in [0.2, 0.25) is 0 Å². The highest BCUT2D eigenvalue weighted by atomic mass is 19.1. The standard InChI is InChI=1S/C14H10FN3O/c1-18(12-4-2-3-11(15)8-12)14(19)13-7-10(9-16)5-6-17-13/h2-8H,1H3. The van der Waals surface area contributed by atoms with Gasteiger partial charge in [-0.3, -0.25) is 9.78 Å². The lowest BCUT2D eigenvalue weighted by Crippen LogP contribution is -2.27. The summed E-state index contributed by atoms with van der Waals surface area (Å²) < 4.78 is 13.1. The molecule has 2 aromatic rings. The molecule has 94 valence electrons. The van der Waals surface area contributed by atoms with Crippen LogP contribution in [0.3, 0.4) is 0 Å². The Balaban J connectivity index is 2.31. The minimum atomic E-state index is -0.420. The fraction of sp³-hybridized carbons (Fsp3) is 0.0714. The second kappa shape index (κ2) is 5.27. The molecule has 19 heavy (non-hydrogen) atoms. The Kier molecular flexibility index (Phi) is 3.53. The van der Waals surface area contributed by atoms with Crippen LogP contribution in [0.2, 0.25) is 0 Å². The third kappa shape index (κ3) is 2.75. The van der Waals surface area contributed by atoms with Crippen molar-refractivity contribution in [2.45, 2.75) is 0 Å². The lowest BCUT2D eigenvalue weighted by Gasteiger charge is -2.16. The topological polar surface area (TPSA) is 57.0 Å². The van der Waals surface area contributed by atoms with Crippen molar-refractivity contribution in [1.29, 1.82) is 5.26 Å². The number of carbonyl (C=O) groups is 1. The molecule has 0 radical (unpaired) electrons. The second-order valence-corrected chi connectivity index (χ2v) is 3.89. The molecular formula is C14H10FN3O. The van der Waals surface area contributed by atoms with Crippen LogP contribution in [0.25, 0.3) is 0 Å². The monoisotopic (exact) mass is 255 g/mol. The highest BCUT2D eigenvalue weighted by Crippen LogP contribution is 2.16. The van der Waals surface area contributed by atoms with Crippen LogP contribution in [0.15, 0.2) is 42.6 Å². The van der Waals surface area contributed by atoms with E-state index in [1.165, 1.54) is 48.5 Å². The van der Waals surface area contributed by atoms with E-state index in [0.717, 1.165) is 0 Å². The Hall–Kier alpha value is -2.74. The summed E-state index contributed by atoms with van der Waals surface area (Å²) in [6.45, 7) is 0. The smallest absolute Gasteiger partial charge is 0.276 e. The van der Waals surface area contributed by atoms with E-state index in [1.807, 2.05) is 6.07 Å². The molecule has 0 aliphatic carbocycles. The fourth-order valence-corrected chi connectivity index (χ4v) is 1.59. The van der Waals surface area contributed by atoms with Gasteiger partial charge in [-0.2, -0.15) is 5.26 Å². The molecular weight excluding hydrogens is 245 g/mol. The molecule has 1 amide bonds. The number of nitriles is 1. The number of anilines is 1. The van der Waals surface area contributed by atoms with Gasteiger partial charge in [0.25, 0.3) is 5.91 Å². The number of hydrogen-bond acceptors (Lipinski definition) is 3. The number of nitrogens with zero attached hydrogens (tertiary/aromatic N) is 3. The van der Waals surface area contributed by atoms with E-state index in [1.54, 1.807) is 6.07 Å². The number of halogens is 1. The van der Waals surface area contributed by atoms with Crippen LogP contribution in [0, 0.1) is 17.1 Å². The minimum Gasteiger partial charge on any atom is -0.310 e. The predicted molar refractivity (Wildman–Crippen MR) is 68.1 cm³/mol. The first-order valence-electron chi connectivity index (χ1n) is 5.51. The molecule has 2 rings (SSSR count). The number of pyridine rings is 1. The lowest BCUT2D eigenvalue weighted by molar-refractivity contribution is 0.0988. The number of amides is 1. The van der Waals surface area contributed by atoms with E-state index in [-0.39, 0.29) is 5.69 Å². The molecule has 5 heteroatoms. The van der Waals surface area contributed by atoms with Gasteiger partial charge < -0.3 is 4.90 Å². The van der Waals surface area contributed by atoms with E-state index in [0.29, 0.717) is 11.3 Å². The molecule has 0 fully saturated rings. The van der Waals surface area contributed by atoms with Crippen LogP contribution < -0.4 is 4.90 Å². The number of hydrogen-bond donors (Lipinski definition) is 0. The van der Waals surface area contributed by atoms with Crippen molar-refractivity contribution in [3.8, 4) is 6.07 Å². The van der Waals surface area contributed by atoms with Crippen molar-refractivity contribution in [2.24, 2.45) is 0 Å². The maximum Gasteiger partial charge on any atom is 0.276 e. The number of benzene rings is 1. The van der Waals surface area contributed by atoms with Crippen LogP contribution in [0.1, 0.15) is 16.1 Å². The Morgan fingerprint density at radius 1 is 1.37 bits per heavy atom. The Labute approximate surface area is 109 Å². The largest absolute Gasteiger partial charge is 0.310 e. The second-order valence-electron chi connectivity index (χ2n) is 3.89. The first-order chi connectivity index (χ1) is 9.11. The van der Waals surface area contributed by atoms with Crippen LogP contribution in [0.4, 0.5) is 10.1 Å². The molecule has 1 aromatic carbocycles. The summed E-state index contributed by atoms with van der Waals surface area (Å²) in [7, 11) is 1.53. The highest BCUT2D eigenvalue weighted by Gasteiger charge is 2.15. The minimum absolute atomic E-state index is 0.144. The molecule has 0 saturated heterocycles. The average Bonchev–Trinajstić information content (AvgIpc) is 2.45. The van der Waals surface area contributed by atoms with Gasteiger partial charge in [-0.05, 0) is 30.3 Å². The first kappa shape index (κ1) is 12.7. The first-order valence-corrected chi connectivity index (χ1v) is 5.51. The summed E-state index contributed by atoms with van der Waals surface area (Å²) in [5.41, 5.74) is 0.922. The van der Waals surface area contributed by atoms with E-state index >= 15 is 0 Å². The van der Waals surface area contributed by atoms with Crippen molar-refractivity contribution in [1.82, 2.24) is 4.98 Å². The van der Waals surface area contributed by atoms with Gasteiger partial charge in [0.05, 0.1) is 11.6 Å². The third-order valence-electron chi connectivity index (χ3n) is 2.61. The molecule has 0 saturated carbocycles. The molecule has 0 unspecified atom stereocenters. The zero-order valence-corrected chi connectivity index (χ0v) is 10.2. The van der Waals surface area contributed by atoms with Gasteiger partial charge in [-0.25, -0.2) is 4.39 Å². The van der Waals surface area contributed by atoms with E-state index < -0.39 is 11.7 Å². The number of rotatable bonds is 2. The summed E-state index contributed by atoms with van der Waals surface area (Å²) in [5, 5.41) is 8.78. The summed E-state index contributed by atoms with van der Waals surface area (Å²) in [6, 6.07) is 10.6. The van der Waals surface area contributed by atoms with E-state index in [2.05, 4.69) is 4.98 Å². The van der Waals surface area contributed by atoms with Crippen molar-refractivity contribution < 1.29 is 9.18 Å². The van der Waals surface area contributed by atoms with Gasteiger partial charge in [0.1, 0.15) is 11.5 Å². The Bertz CT molecular complexity index is 664.